The van der Waals surface area contributed by atoms with Crippen LogP contribution in [0.2, 0.25) is 0 Å². The van der Waals surface area contributed by atoms with E-state index in [2.05, 4.69) is 186 Å². The second kappa shape index (κ2) is 77.8. The monoisotopic (exact) mass is 1520 g/mol. The van der Waals surface area contributed by atoms with Gasteiger partial charge in [-0.3, -0.25) is 37.3 Å². The summed E-state index contributed by atoms with van der Waals surface area (Å²) in [6, 6.07) is 0. The molecule has 0 heterocycles. The fraction of sp³-hybridized carbons (Fsp3) is 0.655. The molecule has 19 heteroatoms. The standard InChI is InChI=1S/C87H144O17P2/c1-5-9-13-17-21-25-29-33-37-39-40-42-45-48-52-56-60-64-68-72-85(90)98-78-83(104-87(92)74-70-66-62-58-54-50-46-41-38-34-30-26-22-18-14-10-6-2)80-102-106(95,96)100-76-81(88)75-99-105(93,94)101-79-82(103-86(91)73-69-65-61-57-53-49-44-36-32-28-24-20-16-12-8-4)77-97-84(89)71-67-63-59-55-51-47-43-35-31-27-23-19-15-11-7-3/h9-11,13-15,21-23,25-27,33-38,40,42-44,46,48,50,52,81-83,88H,5-8,12,16-20,24,28-32,39,41,45,47,49,51,53-80H2,1-4H3,(H,93,94)(H,95,96)/b13-9-,14-10-,15-11-,25-21-,26-22-,27-23-,37-33-,38-34-,42-40-,43-35-,44-36-,50-46-,52-48-. The van der Waals surface area contributed by atoms with Crippen LogP contribution in [0, 0.1) is 0 Å². The molecule has 5 atom stereocenters. The average molecular weight is 1520 g/mol. The number of carbonyl (C=O) groups is 4. The number of hydrogen-bond acceptors (Lipinski definition) is 15. The van der Waals surface area contributed by atoms with Crippen molar-refractivity contribution in [2.24, 2.45) is 0 Å². The highest BCUT2D eigenvalue weighted by molar-refractivity contribution is 7.47. The van der Waals surface area contributed by atoms with Crippen molar-refractivity contribution in [3.05, 3.63) is 158 Å². The maximum atomic E-state index is 13.1. The van der Waals surface area contributed by atoms with E-state index in [0.717, 1.165) is 193 Å². The van der Waals surface area contributed by atoms with Gasteiger partial charge in [0.1, 0.15) is 19.3 Å². The highest BCUT2D eigenvalue weighted by Gasteiger charge is 2.30. The predicted octanol–water partition coefficient (Wildman–Crippen LogP) is 24.0. The molecule has 0 saturated carbocycles. The summed E-state index contributed by atoms with van der Waals surface area (Å²) in [5.74, 6) is -2.27. The van der Waals surface area contributed by atoms with Gasteiger partial charge in [-0.1, -0.05) is 276 Å². The number of ether oxygens (including phenoxy) is 4. The van der Waals surface area contributed by atoms with E-state index in [-0.39, 0.29) is 25.7 Å². The van der Waals surface area contributed by atoms with Gasteiger partial charge in [0.15, 0.2) is 12.2 Å². The van der Waals surface area contributed by atoms with Gasteiger partial charge < -0.3 is 33.8 Å². The number of aliphatic hydroxyl groups is 1. The lowest BCUT2D eigenvalue weighted by atomic mass is 10.1. The molecule has 0 aliphatic rings. The molecule has 0 aliphatic carbocycles. The van der Waals surface area contributed by atoms with E-state index < -0.39 is 97.5 Å². The second-order valence-electron chi connectivity index (χ2n) is 26.6. The Kier molecular flexibility index (Phi) is 73.9. The molecule has 0 fully saturated rings. The van der Waals surface area contributed by atoms with Gasteiger partial charge in [-0.25, -0.2) is 9.13 Å². The zero-order valence-corrected chi connectivity index (χ0v) is 67.8. The fourth-order valence-corrected chi connectivity index (χ4v) is 11.9. The molecule has 0 amide bonds. The Morgan fingerprint density at radius 3 is 0.774 bits per heavy atom. The van der Waals surface area contributed by atoms with Gasteiger partial charge in [-0.2, -0.15) is 0 Å². The molecule has 106 heavy (non-hydrogen) atoms. The van der Waals surface area contributed by atoms with Gasteiger partial charge in [0, 0.05) is 25.7 Å². The number of phosphoric acid groups is 2. The first kappa shape index (κ1) is 101. The molecule has 17 nitrogen and oxygen atoms in total. The fourth-order valence-electron chi connectivity index (χ4n) is 10.4. The zero-order chi connectivity index (χ0) is 77.4. The molecule has 3 N–H and O–H groups in total. The van der Waals surface area contributed by atoms with Crippen molar-refractivity contribution in [2.75, 3.05) is 39.6 Å². The minimum atomic E-state index is -5.00. The van der Waals surface area contributed by atoms with Crippen molar-refractivity contribution in [3.63, 3.8) is 0 Å². The lowest BCUT2D eigenvalue weighted by molar-refractivity contribution is -0.161. The second-order valence-corrected chi connectivity index (χ2v) is 29.5. The Labute approximate surface area is 642 Å². The summed E-state index contributed by atoms with van der Waals surface area (Å²) in [7, 11) is -10.00. The molecule has 0 aromatic carbocycles. The van der Waals surface area contributed by atoms with E-state index in [1.54, 1.807) is 0 Å². The molecule has 0 saturated heterocycles. The van der Waals surface area contributed by atoms with Gasteiger partial charge in [-0.05, 0) is 167 Å². The Hall–Kier alpha value is -5.32. The highest BCUT2D eigenvalue weighted by Crippen LogP contribution is 2.45. The predicted molar refractivity (Wildman–Crippen MR) is 436 cm³/mol. The van der Waals surface area contributed by atoms with E-state index >= 15 is 0 Å². The number of unbranched alkanes of at least 4 members (excludes halogenated alkanes) is 23. The van der Waals surface area contributed by atoms with E-state index in [1.807, 2.05) is 0 Å². The SMILES string of the molecule is CC/C=C\C/C=C\C/C=C\C/C=C\C/C=C\CCCCCC(=O)OCC(COP(=O)(O)OCC(O)COP(=O)(O)OCC(COC(=O)CCCCCCC/C=C\C/C=C\C/C=C\CC)OC(=O)CCCCCCC/C=C\CCCCCCCC)OC(=O)CCCCCC/C=C\C/C=C\C/C=C\C/C=C\CC. The van der Waals surface area contributed by atoms with Crippen LogP contribution in [0.25, 0.3) is 0 Å². The number of hydrogen-bond donors (Lipinski definition) is 3. The maximum Gasteiger partial charge on any atom is 0.472 e. The van der Waals surface area contributed by atoms with Crippen LogP contribution in [-0.2, 0) is 65.4 Å². The molecule has 0 radical (unpaired) electrons. The summed E-state index contributed by atoms with van der Waals surface area (Å²) >= 11 is 0. The number of allylic oxidation sites excluding steroid dienone is 26. The number of rotatable bonds is 75. The van der Waals surface area contributed by atoms with Crippen LogP contribution in [0.1, 0.15) is 310 Å². The molecule has 0 aromatic rings. The molecule has 0 rings (SSSR count). The minimum Gasteiger partial charge on any atom is -0.462 e. The molecule has 0 bridgehead atoms. The first-order chi connectivity index (χ1) is 51.7. The summed E-state index contributed by atoms with van der Waals surface area (Å²) in [5, 5.41) is 10.7. The van der Waals surface area contributed by atoms with E-state index in [1.165, 1.54) is 38.5 Å². The molecule has 5 unspecified atom stereocenters. The Bertz CT molecular complexity index is 2630. The zero-order valence-electron chi connectivity index (χ0n) is 66.1. The van der Waals surface area contributed by atoms with Crippen LogP contribution in [0.4, 0.5) is 0 Å². The van der Waals surface area contributed by atoms with Crippen molar-refractivity contribution in [3.8, 4) is 0 Å². The van der Waals surface area contributed by atoms with Crippen LogP contribution in [0.5, 0.6) is 0 Å². The number of esters is 4. The Morgan fingerprint density at radius 1 is 0.274 bits per heavy atom. The summed E-state index contributed by atoms with van der Waals surface area (Å²) in [6.45, 7) is 4.44. The van der Waals surface area contributed by atoms with Gasteiger partial charge in [-0.15, -0.1) is 0 Å². The van der Waals surface area contributed by atoms with Crippen LogP contribution in [0.15, 0.2) is 158 Å². The Morgan fingerprint density at radius 2 is 0.491 bits per heavy atom. The number of phosphoric ester groups is 2. The number of aliphatic hydroxyl groups excluding tert-OH is 1. The molecule has 0 spiro atoms. The topological polar surface area (TPSA) is 237 Å². The van der Waals surface area contributed by atoms with Crippen molar-refractivity contribution in [1.82, 2.24) is 0 Å². The van der Waals surface area contributed by atoms with Gasteiger partial charge in [0.2, 0.25) is 0 Å². The van der Waals surface area contributed by atoms with Crippen LogP contribution in [-0.4, -0.2) is 96.7 Å². The molecular formula is C87H144O17P2. The van der Waals surface area contributed by atoms with E-state index in [4.69, 9.17) is 37.0 Å². The highest BCUT2D eigenvalue weighted by atomic mass is 31.2. The summed E-state index contributed by atoms with van der Waals surface area (Å²) in [4.78, 5) is 73.1. The van der Waals surface area contributed by atoms with Gasteiger partial charge in [0.25, 0.3) is 0 Å². The van der Waals surface area contributed by atoms with E-state index in [0.29, 0.717) is 25.7 Å². The smallest absolute Gasteiger partial charge is 0.462 e. The largest absolute Gasteiger partial charge is 0.472 e. The summed E-state index contributed by atoms with van der Waals surface area (Å²) in [6.07, 6.45) is 90.7. The average Bonchev–Trinajstić information content (AvgIpc) is 0.902. The molecular weight excluding hydrogens is 1380 g/mol. The van der Waals surface area contributed by atoms with E-state index in [9.17, 15) is 43.2 Å². The first-order valence-corrected chi connectivity index (χ1v) is 43.7. The molecule has 0 aromatic heterocycles. The van der Waals surface area contributed by atoms with Crippen LogP contribution >= 0.6 is 15.6 Å². The lowest BCUT2D eigenvalue weighted by Gasteiger charge is -2.21. The quantitative estimate of drug-likeness (QED) is 0.0169. The minimum absolute atomic E-state index is 0.0535. The third-order valence-electron chi connectivity index (χ3n) is 16.5. The first-order valence-electron chi connectivity index (χ1n) is 40.7. The van der Waals surface area contributed by atoms with Gasteiger partial charge in [0.05, 0.1) is 26.4 Å². The molecule has 0 aliphatic heterocycles. The lowest BCUT2D eigenvalue weighted by Crippen LogP contribution is -2.30. The number of carbonyl (C=O) groups excluding carboxylic acids is 4. The third kappa shape index (κ3) is 76.9. The van der Waals surface area contributed by atoms with Gasteiger partial charge >= 0.3 is 39.5 Å². The molecule has 604 valence electrons. The summed E-state index contributed by atoms with van der Waals surface area (Å²) in [5.41, 5.74) is 0. The van der Waals surface area contributed by atoms with Crippen molar-refractivity contribution < 1.29 is 80.2 Å². The Balaban J connectivity index is 5.46. The van der Waals surface area contributed by atoms with Crippen molar-refractivity contribution >= 4 is 39.5 Å². The third-order valence-corrected chi connectivity index (χ3v) is 18.4. The van der Waals surface area contributed by atoms with Crippen molar-refractivity contribution in [2.45, 2.75) is 329 Å². The van der Waals surface area contributed by atoms with Crippen LogP contribution in [0.3, 0.4) is 0 Å². The normalized spacial score (nSPS) is 14.7. The maximum absolute atomic E-state index is 13.1. The van der Waals surface area contributed by atoms with Crippen LogP contribution < -0.4 is 0 Å². The van der Waals surface area contributed by atoms with Crippen molar-refractivity contribution in [1.29, 1.82) is 0 Å². The summed E-state index contributed by atoms with van der Waals surface area (Å²) < 4.78 is 68.6.